The smallest absolute Gasteiger partial charge is 0.336 e. The summed E-state index contributed by atoms with van der Waals surface area (Å²) in [6.45, 7) is 3.09. The van der Waals surface area contributed by atoms with Gasteiger partial charge in [-0.05, 0) is 11.6 Å². The van der Waals surface area contributed by atoms with Crippen molar-refractivity contribution in [1.29, 1.82) is 0 Å². The van der Waals surface area contributed by atoms with E-state index in [2.05, 4.69) is 6.58 Å². The second-order valence-corrected chi connectivity index (χ2v) is 3.95. The minimum Gasteiger partial charge on any atom is -0.478 e. The van der Waals surface area contributed by atoms with Gasteiger partial charge in [-0.25, -0.2) is 9.18 Å². The van der Waals surface area contributed by atoms with Crippen molar-refractivity contribution in [2.24, 2.45) is 0 Å². The Labute approximate surface area is 101 Å². The van der Waals surface area contributed by atoms with Gasteiger partial charge < -0.3 is 5.11 Å². The molecule has 0 aliphatic heterocycles. The molecule has 1 aliphatic carbocycles. The van der Waals surface area contributed by atoms with E-state index < -0.39 is 23.1 Å². The van der Waals surface area contributed by atoms with Gasteiger partial charge >= 0.3 is 11.9 Å². The fourth-order valence-electron chi connectivity index (χ4n) is 2.00. The lowest BCUT2D eigenvalue weighted by Gasteiger charge is -2.34. The normalized spacial score (nSPS) is 24.9. The predicted octanol–water partition coefficient (Wildman–Crippen LogP) is 3.15. The summed E-state index contributed by atoms with van der Waals surface area (Å²) in [5, 5.41) is 8.91. The van der Waals surface area contributed by atoms with Crippen LogP contribution in [0.5, 0.6) is 0 Å². The van der Waals surface area contributed by atoms with E-state index in [1.807, 2.05) is 0 Å². The van der Waals surface area contributed by atoms with Crippen LogP contribution in [0.15, 0.2) is 43.0 Å². The number of carboxylic acid groups (broad SMARTS) is 1. The molecule has 94 valence electrons. The number of hydrogen-bond acceptors (Lipinski definition) is 1. The first-order chi connectivity index (χ1) is 8.33. The molecule has 1 N–H and O–H groups in total. The molecule has 2 nitrogen and oxygen atoms in total. The number of aliphatic carboxylic acids is 1. The number of hydrogen-bond donors (Lipinski definition) is 1. The highest BCUT2D eigenvalue weighted by molar-refractivity contribution is 6.16. The van der Waals surface area contributed by atoms with Crippen molar-refractivity contribution >= 4 is 11.5 Å². The average Bonchev–Trinajstić information content (AvgIpc) is 2.33. The minimum absolute atomic E-state index is 0.0571. The van der Waals surface area contributed by atoms with Crippen LogP contribution in [-0.4, -0.2) is 17.0 Å². The molecule has 1 atom stereocenters. The SMILES string of the molecule is C=CC1(F)c2ccccc2C(C(=O)O)=CC1(F)F. The van der Waals surface area contributed by atoms with Crippen LogP contribution in [0, 0.1) is 0 Å². The molecule has 0 fully saturated rings. The average molecular weight is 254 g/mol. The molecule has 2 rings (SSSR count). The second-order valence-electron chi connectivity index (χ2n) is 3.95. The zero-order valence-corrected chi connectivity index (χ0v) is 9.16. The molecule has 0 saturated carbocycles. The zero-order valence-electron chi connectivity index (χ0n) is 9.16. The van der Waals surface area contributed by atoms with Crippen LogP contribution in [0.4, 0.5) is 13.2 Å². The van der Waals surface area contributed by atoms with Crippen molar-refractivity contribution in [1.82, 2.24) is 0 Å². The number of allylic oxidation sites excluding steroid dienone is 2. The molecule has 1 aliphatic rings. The van der Waals surface area contributed by atoms with E-state index in [1.165, 1.54) is 18.2 Å². The Bertz CT molecular complexity index is 563. The number of alkyl halides is 3. The number of carboxylic acids is 1. The molecule has 0 aromatic heterocycles. The predicted molar refractivity (Wildman–Crippen MR) is 60.0 cm³/mol. The van der Waals surface area contributed by atoms with Gasteiger partial charge in [-0.2, -0.15) is 8.78 Å². The van der Waals surface area contributed by atoms with Gasteiger partial charge in [0.1, 0.15) is 0 Å². The Hall–Kier alpha value is -2.04. The third-order valence-corrected chi connectivity index (χ3v) is 2.93. The lowest BCUT2D eigenvalue weighted by molar-refractivity contribution is -0.131. The van der Waals surface area contributed by atoms with Gasteiger partial charge in [-0.1, -0.05) is 30.8 Å². The van der Waals surface area contributed by atoms with Crippen LogP contribution < -0.4 is 0 Å². The van der Waals surface area contributed by atoms with Gasteiger partial charge in [-0.15, -0.1) is 0 Å². The summed E-state index contributed by atoms with van der Waals surface area (Å²) in [6, 6.07) is 5.27. The third kappa shape index (κ3) is 1.47. The van der Waals surface area contributed by atoms with E-state index in [-0.39, 0.29) is 17.2 Å². The molecular formula is C13H9F3O2. The lowest BCUT2D eigenvalue weighted by atomic mass is 9.78. The van der Waals surface area contributed by atoms with Crippen molar-refractivity contribution in [3.63, 3.8) is 0 Å². The second kappa shape index (κ2) is 3.73. The highest BCUT2D eigenvalue weighted by Crippen LogP contribution is 2.50. The van der Waals surface area contributed by atoms with E-state index in [1.54, 1.807) is 0 Å². The summed E-state index contributed by atoms with van der Waals surface area (Å²) in [5.74, 6) is -5.47. The maximum Gasteiger partial charge on any atom is 0.336 e. The molecule has 0 amide bonds. The highest BCUT2D eigenvalue weighted by Gasteiger charge is 2.56. The molecule has 18 heavy (non-hydrogen) atoms. The Balaban J connectivity index is 2.81. The summed E-state index contributed by atoms with van der Waals surface area (Å²) >= 11 is 0. The zero-order chi connectivity index (χ0) is 13.6. The van der Waals surface area contributed by atoms with Gasteiger partial charge in [-0.3, -0.25) is 0 Å². The third-order valence-electron chi connectivity index (χ3n) is 2.93. The number of carbonyl (C=O) groups is 1. The monoisotopic (exact) mass is 254 g/mol. The number of rotatable bonds is 2. The van der Waals surface area contributed by atoms with Crippen LogP contribution >= 0.6 is 0 Å². The van der Waals surface area contributed by atoms with E-state index in [4.69, 9.17) is 5.11 Å². The molecule has 1 unspecified atom stereocenters. The molecular weight excluding hydrogens is 245 g/mol. The maximum atomic E-state index is 14.4. The van der Waals surface area contributed by atoms with Crippen LogP contribution in [0.3, 0.4) is 0 Å². The molecule has 0 bridgehead atoms. The summed E-state index contributed by atoms with van der Waals surface area (Å²) in [6.07, 6.45) is 0.639. The minimum atomic E-state index is -3.95. The van der Waals surface area contributed by atoms with Crippen molar-refractivity contribution in [3.8, 4) is 0 Å². The lowest BCUT2D eigenvalue weighted by Crippen LogP contribution is -2.42. The van der Waals surface area contributed by atoms with Gasteiger partial charge in [0, 0.05) is 11.6 Å². The van der Waals surface area contributed by atoms with Crippen molar-refractivity contribution < 1.29 is 23.1 Å². The van der Waals surface area contributed by atoms with Crippen LogP contribution in [0.2, 0.25) is 0 Å². The number of fused-ring (bicyclic) bond motifs is 1. The van der Waals surface area contributed by atoms with E-state index >= 15 is 0 Å². The molecule has 0 spiro atoms. The summed E-state index contributed by atoms with van der Waals surface area (Å²) in [4.78, 5) is 11.0. The van der Waals surface area contributed by atoms with Crippen molar-refractivity contribution in [2.45, 2.75) is 11.6 Å². The molecule has 0 heterocycles. The Morgan fingerprint density at radius 2 is 1.89 bits per heavy atom. The van der Waals surface area contributed by atoms with E-state index in [0.29, 0.717) is 6.08 Å². The van der Waals surface area contributed by atoms with Gasteiger partial charge in [0.15, 0.2) is 0 Å². The van der Waals surface area contributed by atoms with Gasteiger partial charge in [0.2, 0.25) is 5.67 Å². The summed E-state index contributed by atoms with van der Waals surface area (Å²) < 4.78 is 41.9. The Kier molecular flexibility index (Phi) is 2.57. The Morgan fingerprint density at radius 3 is 2.44 bits per heavy atom. The van der Waals surface area contributed by atoms with E-state index in [9.17, 15) is 18.0 Å². The molecule has 0 saturated heterocycles. The topological polar surface area (TPSA) is 37.3 Å². The van der Waals surface area contributed by atoms with Gasteiger partial charge in [0.05, 0.1) is 5.57 Å². The van der Waals surface area contributed by atoms with Gasteiger partial charge in [0.25, 0.3) is 0 Å². The Morgan fingerprint density at radius 1 is 1.28 bits per heavy atom. The molecule has 1 aromatic carbocycles. The number of benzene rings is 1. The fraction of sp³-hybridized carbons (Fsp3) is 0.154. The molecule has 0 radical (unpaired) electrons. The number of halogens is 3. The fourth-order valence-corrected chi connectivity index (χ4v) is 2.00. The highest BCUT2D eigenvalue weighted by atomic mass is 19.3. The summed E-state index contributed by atoms with van der Waals surface area (Å²) in [5.41, 5.74) is -4.14. The first-order valence-corrected chi connectivity index (χ1v) is 5.10. The molecule has 1 aromatic rings. The van der Waals surface area contributed by atoms with Crippen molar-refractivity contribution in [3.05, 3.63) is 54.1 Å². The van der Waals surface area contributed by atoms with Crippen molar-refractivity contribution in [2.75, 3.05) is 0 Å². The maximum absolute atomic E-state index is 14.4. The largest absolute Gasteiger partial charge is 0.478 e. The first kappa shape index (κ1) is 12.4. The van der Waals surface area contributed by atoms with Crippen LogP contribution in [0.1, 0.15) is 11.1 Å². The van der Waals surface area contributed by atoms with Crippen LogP contribution in [0.25, 0.3) is 5.57 Å². The summed E-state index contributed by atoms with van der Waals surface area (Å²) in [7, 11) is 0. The van der Waals surface area contributed by atoms with E-state index in [0.717, 1.165) is 6.07 Å². The molecule has 5 heteroatoms. The van der Waals surface area contributed by atoms with Crippen LogP contribution in [-0.2, 0) is 10.5 Å². The quantitative estimate of drug-likeness (QED) is 0.823. The standard InChI is InChI=1S/C13H9F3O2/c1-2-12(14)10-6-4-3-5-8(10)9(11(17)18)7-13(12,15)16/h2-7H,1H2,(H,17,18). The first-order valence-electron chi connectivity index (χ1n) is 5.10.